The van der Waals surface area contributed by atoms with Gasteiger partial charge in [-0.3, -0.25) is 0 Å². The van der Waals surface area contributed by atoms with E-state index in [1.54, 1.807) is 26.8 Å². The normalized spacial score (nSPS) is 55.8. The Kier molecular flexibility index (Phi) is 13.6. The van der Waals surface area contributed by atoms with Gasteiger partial charge in [-0.2, -0.15) is 0 Å². The van der Waals surface area contributed by atoms with E-state index in [1.807, 2.05) is 0 Å². The van der Waals surface area contributed by atoms with Gasteiger partial charge in [0.1, 0.15) is 61.5 Å². The van der Waals surface area contributed by atoms with Crippen molar-refractivity contribution in [1.29, 1.82) is 0 Å². The largest absolute Gasteiger partial charge is 0.458 e. The van der Waals surface area contributed by atoms with Gasteiger partial charge in [0.2, 0.25) is 0 Å². The molecule has 9 rings (SSSR count). The molecule has 5 heterocycles. The minimum Gasteiger partial charge on any atom is -0.458 e. The van der Waals surface area contributed by atoms with E-state index in [0.717, 1.165) is 50.5 Å². The summed E-state index contributed by atoms with van der Waals surface area (Å²) in [6, 6.07) is 0. The molecule has 8 N–H and O–H groups in total. The highest BCUT2D eigenvalue weighted by Gasteiger charge is 2.68. The standard InChI is InChI=1S/C47H72O18/c1-20-30(48)9-10-32(58-20)63-39-33(50)21(2)60-43(36(39)53)65-41-35(52)23(4)61-44(38(41)55)64-40-34(51)22(3)59-42(37(40)54)62-26-11-14-45(5)25(18-26)7-8-29-28(45)12-15-46(6)27(13-16-47(29,46)56)24-17-31(49)57-19-24/h9-10,17,20-23,25-30,32-44,48,50-56H,7-8,11-16,18-19H2,1-6H3/t20?,21?,22?,23?,25-,26-,27+,28?,29+,30+,32-,33?,34?,35?,36-,37-,38-,39-,40-,41-,42?,43?,44?,45?,46?,47-/m0/s1. The van der Waals surface area contributed by atoms with Gasteiger partial charge in [0.05, 0.1) is 42.2 Å². The van der Waals surface area contributed by atoms with E-state index in [-0.39, 0.29) is 34.7 Å². The summed E-state index contributed by atoms with van der Waals surface area (Å²) in [5, 5.41) is 90.8. The van der Waals surface area contributed by atoms with Crippen molar-refractivity contribution in [2.24, 2.45) is 34.5 Å². The van der Waals surface area contributed by atoms with Crippen molar-refractivity contribution in [2.45, 2.75) is 222 Å². The lowest BCUT2D eigenvalue weighted by molar-refractivity contribution is -0.381. The molecule has 0 radical (unpaired) electrons. The van der Waals surface area contributed by atoms with E-state index in [0.29, 0.717) is 31.3 Å². The molecule has 7 fully saturated rings. The van der Waals surface area contributed by atoms with E-state index < -0.39 is 116 Å². The van der Waals surface area contributed by atoms with E-state index in [9.17, 15) is 45.6 Å². The second kappa shape index (κ2) is 18.2. The number of hydrogen-bond donors (Lipinski definition) is 8. The van der Waals surface area contributed by atoms with Gasteiger partial charge in [-0.25, -0.2) is 4.79 Å². The lowest BCUT2D eigenvalue weighted by atomic mass is 9.43. The maximum Gasteiger partial charge on any atom is 0.331 e. The van der Waals surface area contributed by atoms with E-state index >= 15 is 0 Å². The van der Waals surface area contributed by atoms with Gasteiger partial charge in [-0.05, 0) is 126 Å². The molecular weight excluding hydrogens is 852 g/mol. The molecule has 26 atom stereocenters. The summed E-state index contributed by atoms with van der Waals surface area (Å²) in [6.45, 7) is 11.3. The van der Waals surface area contributed by atoms with Crippen LogP contribution in [0.4, 0.5) is 0 Å². The second-order valence-electron chi connectivity index (χ2n) is 21.3. The number of ether oxygens (including phenoxy) is 9. The molecule has 0 bridgehead atoms. The van der Waals surface area contributed by atoms with Crippen LogP contribution in [0.3, 0.4) is 0 Å². The molecule has 0 amide bonds. The van der Waals surface area contributed by atoms with Crippen LogP contribution in [-0.4, -0.2) is 176 Å². The van der Waals surface area contributed by atoms with Crippen LogP contribution in [0.15, 0.2) is 23.8 Å². The lowest BCUT2D eigenvalue weighted by Crippen LogP contribution is -2.66. The Bertz CT molecular complexity index is 1780. The van der Waals surface area contributed by atoms with Crippen LogP contribution in [0.5, 0.6) is 0 Å². The first-order valence-electron chi connectivity index (χ1n) is 24.0. The maximum absolute atomic E-state index is 12.6. The first kappa shape index (κ1) is 48.3. The van der Waals surface area contributed by atoms with Crippen molar-refractivity contribution < 1.29 is 88.3 Å². The van der Waals surface area contributed by atoms with Crippen LogP contribution in [0, 0.1) is 34.5 Å². The lowest BCUT2D eigenvalue weighted by Gasteiger charge is -2.64. The van der Waals surface area contributed by atoms with Gasteiger partial charge >= 0.3 is 5.97 Å². The molecule has 5 aliphatic heterocycles. The monoisotopic (exact) mass is 924 g/mol. The van der Waals surface area contributed by atoms with E-state index in [1.165, 1.54) is 19.1 Å². The predicted octanol–water partition coefficient (Wildman–Crippen LogP) is 0.846. The Balaban J connectivity index is 0.830. The second-order valence-corrected chi connectivity index (χ2v) is 21.3. The zero-order chi connectivity index (χ0) is 46.5. The molecule has 18 nitrogen and oxygen atoms in total. The predicted molar refractivity (Wildman–Crippen MR) is 224 cm³/mol. The smallest absolute Gasteiger partial charge is 0.331 e. The maximum atomic E-state index is 12.6. The topological polar surface area (TPSA) is 262 Å². The van der Waals surface area contributed by atoms with Crippen molar-refractivity contribution in [3.63, 3.8) is 0 Å². The van der Waals surface area contributed by atoms with Crippen LogP contribution < -0.4 is 0 Å². The number of fused-ring (bicyclic) bond motifs is 5. The Morgan fingerprint density at radius 1 is 0.600 bits per heavy atom. The first-order valence-corrected chi connectivity index (χ1v) is 24.0. The average Bonchev–Trinajstić information content (AvgIpc) is 3.82. The Labute approximate surface area is 380 Å². The minimum atomic E-state index is -1.72. The van der Waals surface area contributed by atoms with E-state index in [4.69, 9.17) is 42.6 Å². The molecule has 368 valence electrons. The summed E-state index contributed by atoms with van der Waals surface area (Å²) in [6.07, 6.45) is -10.7. The van der Waals surface area contributed by atoms with Crippen molar-refractivity contribution in [1.82, 2.24) is 0 Å². The van der Waals surface area contributed by atoms with Gasteiger partial charge in [-0.1, -0.05) is 19.9 Å². The number of esters is 1. The Morgan fingerprint density at radius 3 is 1.72 bits per heavy atom. The third kappa shape index (κ3) is 8.39. The van der Waals surface area contributed by atoms with Crippen LogP contribution in [0.1, 0.15) is 99.3 Å². The van der Waals surface area contributed by atoms with Crippen molar-refractivity contribution in [3.05, 3.63) is 23.8 Å². The van der Waals surface area contributed by atoms with Crippen molar-refractivity contribution >= 4 is 5.97 Å². The third-order valence-electron chi connectivity index (χ3n) is 17.8. The summed E-state index contributed by atoms with van der Waals surface area (Å²) in [5.74, 6) is 0.642. The van der Waals surface area contributed by atoms with Gasteiger partial charge < -0.3 is 83.5 Å². The van der Waals surface area contributed by atoms with Crippen LogP contribution in [0.25, 0.3) is 0 Å². The van der Waals surface area contributed by atoms with Crippen LogP contribution in [0.2, 0.25) is 0 Å². The Morgan fingerprint density at radius 2 is 1.17 bits per heavy atom. The number of cyclic esters (lactones) is 1. The van der Waals surface area contributed by atoms with Gasteiger partial charge in [-0.15, -0.1) is 0 Å². The van der Waals surface area contributed by atoms with Gasteiger partial charge in [0.15, 0.2) is 25.2 Å². The van der Waals surface area contributed by atoms with Crippen LogP contribution in [-0.2, 0) is 47.4 Å². The molecule has 0 aromatic carbocycles. The highest BCUT2D eigenvalue weighted by atomic mass is 16.8. The molecular formula is C47H72O18. The molecule has 0 spiro atoms. The number of aliphatic hydroxyl groups is 8. The molecule has 0 aromatic rings. The molecule has 13 unspecified atom stereocenters. The number of rotatable bonds is 9. The van der Waals surface area contributed by atoms with E-state index in [2.05, 4.69) is 13.8 Å². The fraction of sp³-hybridized carbons (Fsp3) is 0.894. The molecule has 3 saturated heterocycles. The number of hydrogen-bond acceptors (Lipinski definition) is 18. The molecule has 9 aliphatic rings. The first-order chi connectivity index (χ1) is 30.7. The molecule has 4 aliphatic carbocycles. The van der Waals surface area contributed by atoms with Crippen molar-refractivity contribution in [2.75, 3.05) is 6.61 Å². The third-order valence-corrected chi connectivity index (χ3v) is 17.8. The molecule has 65 heavy (non-hydrogen) atoms. The summed E-state index contributed by atoms with van der Waals surface area (Å²) in [5.41, 5.74) is -0.144. The SMILES string of the molecule is CC1OC(O[C@H]2CCC3(C)C4CCC5(C)[C@@H](C6=CC(=O)OC6)CC[C@]5(O)[C@@H]4CC[C@H]3C2)[C@@H](O)[C@@H](OC2OC(C)C(O)[C@H](OC3OC(C)C(O)[C@H](O[C@H]4C=C[C@@H](O)C(C)O4)[C@@H]3O)[C@@H]2O)C1O. The fourth-order valence-corrected chi connectivity index (χ4v) is 13.7. The number of carbonyl (C=O) groups is 1. The van der Waals surface area contributed by atoms with Crippen LogP contribution >= 0.6 is 0 Å². The molecule has 18 heteroatoms. The summed E-state index contributed by atoms with van der Waals surface area (Å²) in [7, 11) is 0. The minimum absolute atomic E-state index is 0.0199. The Hall–Kier alpha value is -1.69. The molecule has 4 saturated carbocycles. The summed E-state index contributed by atoms with van der Waals surface area (Å²) >= 11 is 0. The zero-order valence-corrected chi connectivity index (χ0v) is 38.2. The number of aliphatic hydroxyl groups excluding tert-OH is 7. The summed E-state index contributed by atoms with van der Waals surface area (Å²) in [4.78, 5) is 12.0. The van der Waals surface area contributed by atoms with Gasteiger partial charge in [0, 0.05) is 11.5 Å². The number of carbonyl (C=O) groups excluding carboxylic acids is 1. The van der Waals surface area contributed by atoms with Crippen molar-refractivity contribution in [3.8, 4) is 0 Å². The zero-order valence-electron chi connectivity index (χ0n) is 38.2. The molecule has 0 aromatic heterocycles. The summed E-state index contributed by atoms with van der Waals surface area (Å²) < 4.78 is 53.4. The van der Waals surface area contributed by atoms with Gasteiger partial charge in [0.25, 0.3) is 0 Å². The average molecular weight is 925 g/mol. The quantitative estimate of drug-likeness (QED) is 0.0906. The fourth-order valence-electron chi connectivity index (χ4n) is 13.7. The highest BCUT2D eigenvalue weighted by Crippen LogP contribution is 2.70. The highest BCUT2D eigenvalue weighted by molar-refractivity contribution is 5.85.